The lowest BCUT2D eigenvalue weighted by atomic mass is 9.97. The van der Waals surface area contributed by atoms with Crippen molar-refractivity contribution in [3.8, 4) is 0 Å². The van der Waals surface area contributed by atoms with E-state index in [1.165, 1.54) is 22.4 Å². The Morgan fingerprint density at radius 1 is 1.21 bits per heavy atom. The molecule has 1 N–H and O–H groups in total. The van der Waals surface area contributed by atoms with Crippen molar-refractivity contribution in [3.05, 3.63) is 52.8 Å². The van der Waals surface area contributed by atoms with E-state index in [9.17, 15) is 0 Å². The summed E-state index contributed by atoms with van der Waals surface area (Å²) in [6.45, 7) is 7.36. The minimum atomic E-state index is 0.231. The maximum atomic E-state index is 4.55. The molecule has 2 aromatic rings. The number of nitrogens with zero attached hydrogens (tertiary/aromatic N) is 2. The van der Waals surface area contributed by atoms with Crippen LogP contribution < -0.4 is 5.32 Å². The third-order valence-corrected chi connectivity index (χ3v) is 3.40. The summed E-state index contributed by atoms with van der Waals surface area (Å²) in [6.07, 6.45) is 3.09. The number of rotatable bonds is 5. The number of benzene rings is 1. The quantitative estimate of drug-likeness (QED) is 0.892. The van der Waals surface area contributed by atoms with E-state index in [0.717, 1.165) is 13.0 Å². The summed E-state index contributed by atoms with van der Waals surface area (Å²) in [4.78, 5) is 0. The van der Waals surface area contributed by atoms with Crippen molar-refractivity contribution in [3.63, 3.8) is 0 Å². The molecule has 3 nitrogen and oxygen atoms in total. The fourth-order valence-corrected chi connectivity index (χ4v) is 2.44. The molecule has 102 valence electrons. The normalized spacial score (nSPS) is 12.6. The van der Waals surface area contributed by atoms with Gasteiger partial charge >= 0.3 is 0 Å². The third-order valence-electron chi connectivity index (χ3n) is 3.40. The molecule has 1 heterocycles. The van der Waals surface area contributed by atoms with Gasteiger partial charge < -0.3 is 5.32 Å². The molecule has 0 fully saturated rings. The summed E-state index contributed by atoms with van der Waals surface area (Å²) in [7, 11) is 1.99. The molecule has 0 saturated carbocycles. The highest BCUT2D eigenvalue weighted by molar-refractivity contribution is 5.34. The van der Waals surface area contributed by atoms with E-state index in [-0.39, 0.29) is 6.04 Å². The van der Waals surface area contributed by atoms with Crippen LogP contribution in [0.5, 0.6) is 0 Å². The van der Waals surface area contributed by atoms with E-state index in [4.69, 9.17) is 0 Å². The zero-order valence-corrected chi connectivity index (χ0v) is 12.3. The molecular formula is C16H23N3. The maximum Gasteiger partial charge on any atom is 0.0673 e. The molecule has 0 aliphatic carbocycles. The zero-order valence-electron chi connectivity index (χ0n) is 12.3. The molecule has 0 spiro atoms. The lowest BCUT2D eigenvalue weighted by Gasteiger charge is -2.18. The first-order chi connectivity index (χ1) is 9.15. The van der Waals surface area contributed by atoms with Crippen LogP contribution in [0.1, 0.15) is 42.3 Å². The van der Waals surface area contributed by atoms with Crippen molar-refractivity contribution in [2.45, 2.75) is 33.2 Å². The van der Waals surface area contributed by atoms with Crippen molar-refractivity contribution in [1.29, 1.82) is 0 Å². The molecule has 1 atom stereocenters. The van der Waals surface area contributed by atoms with Gasteiger partial charge in [0.2, 0.25) is 0 Å². The fourth-order valence-electron chi connectivity index (χ4n) is 2.44. The summed E-state index contributed by atoms with van der Waals surface area (Å²) in [5.41, 5.74) is 5.06. The second-order valence-electron chi connectivity index (χ2n) is 4.96. The minimum Gasteiger partial charge on any atom is -0.306 e. The Morgan fingerprint density at radius 2 is 1.89 bits per heavy atom. The van der Waals surface area contributed by atoms with Gasteiger partial charge in [0.15, 0.2) is 0 Å². The molecule has 3 heteroatoms. The van der Waals surface area contributed by atoms with Gasteiger partial charge in [-0.25, -0.2) is 0 Å². The van der Waals surface area contributed by atoms with Gasteiger partial charge in [-0.05, 0) is 25.5 Å². The van der Waals surface area contributed by atoms with Crippen LogP contribution in [0.3, 0.4) is 0 Å². The summed E-state index contributed by atoms with van der Waals surface area (Å²) in [5.74, 6) is 0. The van der Waals surface area contributed by atoms with Crippen LogP contribution in [-0.2, 0) is 13.5 Å². The van der Waals surface area contributed by atoms with Crippen LogP contribution in [0.15, 0.2) is 30.5 Å². The molecule has 0 bridgehead atoms. The van der Waals surface area contributed by atoms with Crippen LogP contribution in [0, 0.1) is 6.92 Å². The van der Waals surface area contributed by atoms with Gasteiger partial charge in [0.1, 0.15) is 0 Å². The van der Waals surface area contributed by atoms with E-state index >= 15 is 0 Å². The van der Waals surface area contributed by atoms with E-state index in [2.05, 4.69) is 61.6 Å². The number of aromatic nitrogens is 2. The van der Waals surface area contributed by atoms with Gasteiger partial charge in [-0.2, -0.15) is 5.10 Å². The van der Waals surface area contributed by atoms with Crippen LogP contribution in [-0.4, -0.2) is 16.3 Å². The number of aryl methyl sites for hydroxylation is 3. The van der Waals surface area contributed by atoms with Gasteiger partial charge in [0, 0.05) is 18.8 Å². The van der Waals surface area contributed by atoms with Crippen molar-refractivity contribution in [2.75, 3.05) is 6.54 Å². The predicted octanol–water partition coefficient (Wildman–Crippen LogP) is 2.99. The van der Waals surface area contributed by atoms with Gasteiger partial charge in [0.25, 0.3) is 0 Å². The number of hydrogen-bond acceptors (Lipinski definition) is 2. The van der Waals surface area contributed by atoms with E-state index in [1.54, 1.807) is 0 Å². The molecule has 0 saturated heterocycles. The summed E-state index contributed by atoms with van der Waals surface area (Å²) < 4.78 is 1.91. The topological polar surface area (TPSA) is 29.9 Å². The number of hydrogen-bond donors (Lipinski definition) is 1. The first kappa shape index (κ1) is 13.8. The largest absolute Gasteiger partial charge is 0.306 e. The Kier molecular flexibility index (Phi) is 4.38. The smallest absolute Gasteiger partial charge is 0.0673 e. The van der Waals surface area contributed by atoms with Gasteiger partial charge in [-0.1, -0.05) is 43.7 Å². The molecule has 0 amide bonds. The highest BCUT2D eigenvalue weighted by Gasteiger charge is 2.18. The molecule has 19 heavy (non-hydrogen) atoms. The third kappa shape index (κ3) is 3.04. The summed E-state index contributed by atoms with van der Waals surface area (Å²) in [5, 5.41) is 8.12. The summed E-state index contributed by atoms with van der Waals surface area (Å²) >= 11 is 0. The Hall–Kier alpha value is -1.61. The van der Waals surface area contributed by atoms with Crippen LogP contribution >= 0.6 is 0 Å². The zero-order chi connectivity index (χ0) is 13.8. The van der Waals surface area contributed by atoms with Crippen molar-refractivity contribution < 1.29 is 0 Å². The number of nitrogens with one attached hydrogen (secondary N) is 1. The minimum absolute atomic E-state index is 0.231. The average Bonchev–Trinajstić information content (AvgIpc) is 2.78. The second-order valence-corrected chi connectivity index (χ2v) is 4.96. The van der Waals surface area contributed by atoms with Gasteiger partial charge in [-0.15, -0.1) is 0 Å². The predicted molar refractivity (Wildman–Crippen MR) is 79.3 cm³/mol. The molecule has 0 aliphatic rings. The Morgan fingerprint density at radius 3 is 2.47 bits per heavy atom. The lowest BCUT2D eigenvalue weighted by Crippen LogP contribution is -2.22. The Bertz CT molecular complexity index is 525. The van der Waals surface area contributed by atoms with Crippen LogP contribution in [0.25, 0.3) is 0 Å². The first-order valence-corrected chi connectivity index (χ1v) is 6.98. The van der Waals surface area contributed by atoms with Crippen molar-refractivity contribution in [2.24, 2.45) is 7.05 Å². The van der Waals surface area contributed by atoms with E-state index < -0.39 is 0 Å². The maximum absolute atomic E-state index is 4.55. The Labute approximate surface area is 115 Å². The summed E-state index contributed by atoms with van der Waals surface area (Å²) in [6, 6.07) is 8.97. The Balaban J connectivity index is 2.41. The van der Waals surface area contributed by atoms with E-state index in [0.29, 0.717) is 0 Å². The van der Waals surface area contributed by atoms with Crippen molar-refractivity contribution >= 4 is 0 Å². The molecular weight excluding hydrogens is 234 g/mol. The van der Waals surface area contributed by atoms with Crippen LogP contribution in [0.4, 0.5) is 0 Å². The van der Waals surface area contributed by atoms with Gasteiger partial charge in [-0.3, -0.25) is 4.68 Å². The lowest BCUT2D eigenvalue weighted by molar-refractivity contribution is 0.625. The SMILES string of the molecule is CCNC(c1ccc(C)cc1)c1cn(C)nc1CC. The first-order valence-electron chi connectivity index (χ1n) is 6.98. The molecule has 2 rings (SSSR count). The average molecular weight is 257 g/mol. The second kappa shape index (κ2) is 6.02. The highest BCUT2D eigenvalue weighted by atomic mass is 15.3. The van der Waals surface area contributed by atoms with Crippen LogP contribution in [0.2, 0.25) is 0 Å². The standard InChI is InChI=1S/C16H23N3/c1-5-15-14(11-19(4)18-15)16(17-6-2)13-9-7-12(3)8-10-13/h7-11,16-17H,5-6H2,1-4H3. The molecule has 0 radical (unpaired) electrons. The monoisotopic (exact) mass is 257 g/mol. The molecule has 1 aromatic heterocycles. The van der Waals surface area contributed by atoms with Crippen molar-refractivity contribution in [1.82, 2.24) is 15.1 Å². The van der Waals surface area contributed by atoms with Gasteiger partial charge in [0.05, 0.1) is 11.7 Å². The molecule has 1 aromatic carbocycles. The highest BCUT2D eigenvalue weighted by Crippen LogP contribution is 2.25. The fraction of sp³-hybridized carbons (Fsp3) is 0.438. The molecule has 0 aliphatic heterocycles. The van der Waals surface area contributed by atoms with E-state index in [1.807, 2.05) is 11.7 Å². The molecule has 1 unspecified atom stereocenters.